The van der Waals surface area contributed by atoms with Crippen molar-refractivity contribution in [2.24, 2.45) is 5.41 Å². The fourth-order valence-corrected chi connectivity index (χ4v) is 3.68. The number of amides is 2. The Labute approximate surface area is 143 Å². The van der Waals surface area contributed by atoms with Gasteiger partial charge in [-0.05, 0) is 49.7 Å². The maximum atomic E-state index is 12.6. The summed E-state index contributed by atoms with van der Waals surface area (Å²) >= 11 is 0. The van der Waals surface area contributed by atoms with Crippen molar-refractivity contribution in [2.45, 2.75) is 39.0 Å². The second kappa shape index (κ2) is 7.38. The molecule has 2 fully saturated rings. The van der Waals surface area contributed by atoms with Crippen molar-refractivity contribution in [1.82, 2.24) is 9.88 Å². The van der Waals surface area contributed by atoms with Gasteiger partial charge in [-0.2, -0.15) is 0 Å². The number of aromatic nitrogens is 1. The second-order valence-corrected chi connectivity index (χ2v) is 7.00. The number of anilines is 2. The number of nitrogens with zero attached hydrogens (tertiary/aromatic N) is 3. The van der Waals surface area contributed by atoms with E-state index in [1.807, 2.05) is 17.0 Å². The predicted molar refractivity (Wildman–Crippen MR) is 95.3 cm³/mol. The first-order valence-electron chi connectivity index (χ1n) is 9.04. The third kappa shape index (κ3) is 3.48. The lowest BCUT2D eigenvalue weighted by Crippen LogP contribution is -2.46. The minimum absolute atomic E-state index is 0.00814. The molecule has 24 heavy (non-hydrogen) atoms. The Bertz CT molecular complexity index is 558. The molecule has 0 radical (unpaired) electrons. The number of urea groups is 1. The van der Waals surface area contributed by atoms with Crippen molar-refractivity contribution in [3.8, 4) is 0 Å². The minimum Gasteiger partial charge on any atom is -0.396 e. The van der Waals surface area contributed by atoms with E-state index < -0.39 is 0 Å². The summed E-state index contributed by atoms with van der Waals surface area (Å²) in [4.78, 5) is 21.2. The van der Waals surface area contributed by atoms with E-state index in [0.29, 0.717) is 13.1 Å². The highest BCUT2D eigenvalue weighted by Crippen LogP contribution is 2.34. The number of hydrogen-bond donors (Lipinski definition) is 2. The quantitative estimate of drug-likeness (QED) is 0.889. The number of nitrogens with one attached hydrogen (secondary N) is 1. The van der Waals surface area contributed by atoms with Crippen LogP contribution in [0.5, 0.6) is 0 Å². The number of aliphatic hydroxyl groups excluding tert-OH is 1. The molecule has 2 aliphatic heterocycles. The summed E-state index contributed by atoms with van der Waals surface area (Å²) in [6.45, 7) is 5.71. The normalized spacial score (nSPS) is 20.2. The van der Waals surface area contributed by atoms with Gasteiger partial charge in [0.2, 0.25) is 0 Å². The molecule has 2 saturated heterocycles. The van der Waals surface area contributed by atoms with Gasteiger partial charge < -0.3 is 20.2 Å². The van der Waals surface area contributed by atoms with Crippen LogP contribution >= 0.6 is 0 Å². The van der Waals surface area contributed by atoms with Crippen molar-refractivity contribution < 1.29 is 9.90 Å². The number of pyridine rings is 1. The molecule has 1 aromatic rings. The molecule has 132 valence electrons. The monoisotopic (exact) mass is 332 g/mol. The minimum atomic E-state index is -0.0638. The number of hydrogen-bond acceptors (Lipinski definition) is 4. The van der Waals surface area contributed by atoms with E-state index in [0.717, 1.165) is 43.9 Å². The van der Waals surface area contributed by atoms with Gasteiger partial charge in [0.25, 0.3) is 0 Å². The first-order valence-corrected chi connectivity index (χ1v) is 9.04. The maximum absolute atomic E-state index is 12.6. The van der Waals surface area contributed by atoms with Gasteiger partial charge in [0, 0.05) is 39.0 Å². The number of piperidine rings is 1. The molecule has 3 rings (SSSR count). The Morgan fingerprint density at radius 1 is 1.29 bits per heavy atom. The van der Waals surface area contributed by atoms with Crippen LogP contribution in [-0.2, 0) is 0 Å². The molecule has 1 aromatic heterocycles. The van der Waals surface area contributed by atoms with Crippen LogP contribution in [0.1, 0.15) is 39.0 Å². The van der Waals surface area contributed by atoms with Crippen LogP contribution < -0.4 is 10.2 Å². The highest BCUT2D eigenvalue weighted by Gasteiger charge is 2.34. The number of carbonyl (C=O) groups is 1. The molecule has 0 aliphatic carbocycles. The van der Waals surface area contributed by atoms with E-state index in [2.05, 4.69) is 22.1 Å². The topological polar surface area (TPSA) is 68.7 Å². The van der Waals surface area contributed by atoms with Crippen LogP contribution in [0.3, 0.4) is 0 Å². The van der Waals surface area contributed by atoms with Gasteiger partial charge in [-0.3, -0.25) is 0 Å². The van der Waals surface area contributed by atoms with Crippen LogP contribution in [-0.4, -0.2) is 53.8 Å². The van der Waals surface area contributed by atoms with E-state index >= 15 is 0 Å². The first kappa shape index (κ1) is 17.0. The summed E-state index contributed by atoms with van der Waals surface area (Å²) in [6.07, 6.45) is 6.81. The Morgan fingerprint density at radius 2 is 2.00 bits per heavy atom. The summed E-state index contributed by atoms with van der Waals surface area (Å²) in [5.74, 6) is 0.874. The SMILES string of the molecule is CCC1(CO)CCN(C(=O)Nc2cccnc2N2CCCC2)CC1. The third-order valence-electron chi connectivity index (χ3n) is 5.63. The van der Waals surface area contributed by atoms with Crippen LogP contribution in [0.25, 0.3) is 0 Å². The summed E-state index contributed by atoms with van der Waals surface area (Å²) in [7, 11) is 0. The smallest absolute Gasteiger partial charge is 0.321 e. The van der Waals surface area contributed by atoms with Crippen molar-refractivity contribution in [1.29, 1.82) is 0 Å². The molecule has 2 amide bonds. The molecule has 3 heterocycles. The molecule has 0 saturated carbocycles. The summed E-state index contributed by atoms with van der Waals surface area (Å²) < 4.78 is 0. The molecule has 6 heteroatoms. The molecule has 2 N–H and O–H groups in total. The van der Waals surface area contributed by atoms with E-state index in [1.165, 1.54) is 12.8 Å². The lowest BCUT2D eigenvalue weighted by molar-refractivity contribution is 0.0542. The van der Waals surface area contributed by atoms with Gasteiger partial charge >= 0.3 is 6.03 Å². The van der Waals surface area contributed by atoms with Crippen LogP contribution in [0.2, 0.25) is 0 Å². The fourth-order valence-electron chi connectivity index (χ4n) is 3.68. The first-order chi connectivity index (χ1) is 11.7. The molecule has 2 aliphatic rings. The van der Waals surface area contributed by atoms with Crippen molar-refractivity contribution in [3.05, 3.63) is 18.3 Å². The number of carbonyl (C=O) groups excluding carboxylic acids is 1. The van der Waals surface area contributed by atoms with Crippen LogP contribution in [0.15, 0.2) is 18.3 Å². The van der Waals surface area contributed by atoms with Gasteiger partial charge in [0.15, 0.2) is 5.82 Å². The predicted octanol–water partition coefficient (Wildman–Crippen LogP) is 2.70. The largest absolute Gasteiger partial charge is 0.396 e. The fraction of sp³-hybridized carbons (Fsp3) is 0.667. The number of likely N-dealkylation sites (tertiary alicyclic amines) is 1. The summed E-state index contributed by atoms with van der Waals surface area (Å²) in [5, 5.41) is 12.7. The highest BCUT2D eigenvalue weighted by molar-refractivity contribution is 5.92. The molecule has 0 spiro atoms. The highest BCUT2D eigenvalue weighted by atomic mass is 16.3. The van der Waals surface area contributed by atoms with E-state index in [4.69, 9.17) is 0 Å². The zero-order valence-electron chi connectivity index (χ0n) is 14.5. The molecule has 0 aromatic carbocycles. The molecule has 0 bridgehead atoms. The third-order valence-corrected chi connectivity index (χ3v) is 5.63. The van der Waals surface area contributed by atoms with E-state index in [1.54, 1.807) is 6.20 Å². The Morgan fingerprint density at radius 3 is 2.62 bits per heavy atom. The molecular formula is C18H28N4O2. The van der Waals surface area contributed by atoms with Gasteiger partial charge in [-0.15, -0.1) is 0 Å². The molecule has 6 nitrogen and oxygen atoms in total. The zero-order valence-corrected chi connectivity index (χ0v) is 14.5. The van der Waals surface area contributed by atoms with Crippen molar-refractivity contribution in [3.63, 3.8) is 0 Å². The van der Waals surface area contributed by atoms with E-state index in [-0.39, 0.29) is 18.1 Å². The zero-order chi connectivity index (χ0) is 17.0. The summed E-state index contributed by atoms with van der Waals surface area (Å²) in [6, 6.07) is 3.72. The van der Waals surface area contributed by atoms with Gasteiger partial charge in [0.05, 0.1) is 5.69 Å². The van der Waals surface area contributed by atoms with Gasteiger partial charge in [-0.25, -0.2) is 9.78 Å². The van der Waals surface area contributed by atoms with Crippen LogP contribution in [0, 0.1) is 5.41 Å². The Kier molecular flexibility index (Phi) is 5.23. The molecular weight excluding hydrogens is 304 g/mol. The van der Waals surface area contributed by atoms with E-state index in [9.17, 15) is 9.90 Å². The summed E-state index contributed by atoms with van der Waals surface area (Å²) in [5.41, 5.74) is 0.782. The average molecular weight is 332 g/mol. The maximum Gasteiger partial charge on any atom is 0.321 e. The van der Waals surface area contributed by atoms with Crippen LogP contribution in [0.4, 0.5) is 16.3 Å². The lowest BCUT2D eigenvalue weighted by atomic mass is 9.77. The standard InChI is InChI=1S/C18H28N4O2/c1-2-18(14-23)7-12-22(13-8-18)17(24)20-15-6-5-9-19-16(15)21-10-3-4-11-21/h5-6,9,23H,2-4,7-8,10-14H2,1H3,(H,20,24). The Balaban J connectivity index is 1.64. The average Bonchev–Trinajstić information content (AvgIpc) is 3.16. The Hall–Kier alpha value is -1.82. The number of aliphatic hydroxyl groups is 1. The van der Waals surface area contributed by atoms with Crippen molar-refractivity contribution >= 4 is 17.5 Å². The van der Waals surface area contributed by atoms with Gasteiger partial charge in [-0.1, -0.05) is 6.92 Å². The lowest BCUT2D eigenvalue weighted by Gasteiger charge is -2.40. The number of rotatable bonds is 4. The second-order valence-electron chi connectivity index (χ2n) is 7.00. The molecule has 0 unspecified atom stereocenters. The van der Waals surface area contributed by atoms with Crippen molar-refractivity contribution in [2.75, 3.05) is 43.0 Å². The molecule has 0 atom stereocenters. The van der Waals surface area contributed by atoms with Gasteiger partial charge in [0.1, 0.15) is 0 Å².